The van der Waals surface area contributed by atoms with E-state index in [-0.39, 0.29) is 58.6 Å². The molecule has 0 unspecified atom stereocenters. The van der Waals surface area contributed by atoms with Crippen molar-refractivity contribution in [3.63, 3.8) is 0 Å². The van der Waals surface area contributed by atoms with Crippen molar-refractivity contribution in [3.8, 4) is 0 Å². The Kier molecular flexibility index (Phi) is 14.4. The summed E-state index contributed by atoms with van der Waals surface area (Å²) in [5.41, 5.74) is 4.10. The third-order valence-electron chi connectivity index (χ3n) is 3.92. The van der Waals surface area contributed by atoms with Gasteiger partial charge in [0.05, 0.1) is 0 Å². The van der Waals surface area contributed by atoms with Gasteiger partial charge in [0, 0.05) is 34.9 Å². The van der Waals surface area contributed by atoms with Crippen molar-refractivity contribution < 1.29 is 26.8 Å². The summed E-state index contributed by atoms with van der Waals surface area (Å²) in [6.45, 7) is 7.26. The average molecular weight is 457 g/mol. The second kappa shape index (κ2) is 13.6. The normalized spacial score (nSPS) is 12.7. The Morgan fingerprint density at radius 3 is 2.21 bits per heavy atom. The van der Waals surface area contributed by atoms with Gasteiger partial charge < -0.3 is 10.0 Å². The molecule has 1 aliphatic rings. The van der Waals surface area contributed by atoms with E-state index in [2.05, 4.69) is 73.6 Å². The fourth-order valence-corrected chi connectivity index (χ4v) is 2.55. The summed E-state index contributed by atoms with van der Waals surface area (Å²) < 4.78 is 0. The van der Waals surface area contributed by atoms with E-state index in [1.807, 2.05) is 20.8 Å². The second-order valence-corrected chi connectivity index (χ2v) is 8.07. The summed E-state index contributed by atoms with van der Waals surface area (Å²) in [5, 5.41) is 10.9. The van der Waals surface area contributed by atoms with E-state index in [4.69, 9.17) is 5.11 Å². The van der Waals surface area contributed by atoms with Crippen LogP contribution in [0.4, 0.5) is 0 Å². The van der Waals surface area contributed by atoms with E-state index in [1.54, 1.807) is 0 Å². The van der Waals surface area contributed by atoms with Crippen LogP contribution in [0.15, 0.2) is 54.1 Å². The molecule has 0 spiro atoms. The Morgan fingerprint density at radius 2 is 1.64 bits per heavy atom. The van der Waals surface area contributed by atoms with E-state index in [9.17, 15) is 0 Å². The molecule has 0 saturated carbocycles. The summed E-state index contributed by atoms with van der Waals surface area (Å²) in [4.78, 5) is 2.20. The maximum absolute atomic E-state index is 8.40. The van der Waals surface area contributed by atoms with Crippen molar-refractivity contribution in [2.75, 3.05) is 27.2 Å². The average Bonchev–Trinajstić information content (AvgIpc) is 3.02. The molecule has 3 rings (SSSR count). The summed E-state index contributed by atoms with van der Waals surface area (Å²) in [7, 11) is 4.21. The van der Waals surface area contributed by atoms with Gasteiger partial charge in [-0.05, 0) is 31.5 Å². The summed E-state index contributed by atoms with van der Waals surface area (Å²) in [5.74, 6) is 0. The van der Waals surface area contributed by atoms with Crippen molar-refractivity contribution in [1.29, 1.82) is 0 Å². The zero-order valence-corrected chi connectivity index (χ0v) is 20.6. The molecule has 2 nitrogen and oxygen atoms in total. The van der Waals surface area contributed by atoms with Gasteiger partial charge in [-0.25, -0.2) is 0 Å². The minimum Gasteiger partial charge on any atom is -0.396 e. The standard InChI is InChI=1S/C18H18N.C5H12O.2ClH.Ti/c1-19(2)13-14-7-8-17(11-14)18-10-9-15-5-3-4-6-16(15)12-18;1-5(2,3)4-6;;;/h3-7,9-11H,8,13H2,1-2H3;6H,4H2,1-3H3;2*1H;/q-1;;;;. The summed E-state index contributed by atoms with van der Waals surface area (Å²) in [6.07, 6.45) is 5.65. The molecule has 0 amide bonds. The molecule has 0 fully saturated rings. The smallest absolute Gasteiger partial charge is 0.0479 e. The molecule has 1 aliphatic carbocycles. The maximum Gasteiger partial charge on any atom is 0.0479 e. The number of aliphatic hydroxyl groups is 1. The van der Waals surface area contributed by atoms with Crippen molar-refractivity contribution in [2.24, 2.45) is 5.41 Å². The Bertz CT molecular complexity index is 780. The Morgan fingerprint density at radius 1 is 1.04 bits per heavy atom. The van der Waals surface area contributed by atoms with E-state index in [1.165, 1.54) is 27.5 Å². The van der Waals surface area contributed by atoms with Gasteiger partial charge in [-0.15, -0.1) is 65.6 Å². The number of hydrogen-bond acceptors (Lipinski definition) is 2. The van der Waals surface area contributed by atoms with Gasteiger partial charge in [0.25, 0.3) is 0 Å². The molecule has 0 heterocycles. The molecule has 0 aliphatic heterocycles. The Balaban J connectivity index is 0. The van der Waals surface area contributed by atoms with E-state index in [0.29, 0.717) is 0 Å². The fraction of sp³-hybridized carbons (Fsp3) is 0.391. The minimum atomic E-state index is 0. The van der Waals surface area contributed by atoms with E-state index >= 15 is 0 Å². The maximum atomic E-state index is 8.40. The SMILES string of the molecule is CC(C)(C)CO.CN(C)CC1=CCC(c2[c-]c3ccccc3cc2)=C1.Cl.Cl.[Ti]. The van der Waals surface area contributed by atoms with Gasteiger partial charge in [-0.3, -0.25) is 0 Å². The molecule has 28 heavy (non-hydrogen) atoms. The number of rotatable bonds is 3. The monoisotopic (exact) mass is 456 g/mol. The van der Waals surface area contributed by atoms with Crippen LogP contribution in [0.2, 0.25) is 0 Å². The van der Waals surface area contributed by atoms with Gasteiger partial charge in [0.15, 0.2) is 0 Å². The first-order valence-corrected chi connectivity index (χ1v) is 8.85. The molecule has 0 bridgehead atoms. The van der Waals surface area contributed by atoms with Crippen LogP contribution in [0.3, 0.4) is 0 Å². The topological polar surface area (TPSA) is 23.5 Å². The zero-order valence-electron chi connectivity index (χ0n) is 17.5. The van der Waals surface area contributed by atoms with Crippen LogP contribution >= 0.6 is 24.8 Å². The number of likely N-dealkylation sites (N-methyl/N-ethyl adjacent to an activating group) is 1. The molecule has 0 atom stereocenters. The Hall–Kier alpha value is -0.606. The van der Waals surface area contributed by atoms with Crippen LogP contribution in [0, 0.1) is 11.5 Å². The van der Waals surface area contributed by atoms with Crippen molar-refractivity contribution in [3.05, 3.63) is 65.8 Å². The van der Waals surface area contributed by atoms with E-state index < -0.39 is 0 Å². The van der Waals surface area contributed by atoms with Crippen molar-refractivity contribution in [1.82, 2.24) is 4.90 Å². The largest absolute Gasteiger partial charge is 0.396 e. The Labute approximate surface area is 197 Å². The third kappa shape index (κ3) is 9.74. The van der Waals surface area contributed by atoms with Gasteiger partial charge in [0.2, 0.25) is 0 Å². The zero-order chi connectivity index (χ0) is 18.4. The van der Waals surface area contributed by atoms with Gasteiger partial charge in [-0.2, -0.15) is 0 Å². The molecule has 0 saturated heterocycles. The first kappa shape index (κ1) is 29.6. The number of halogens is 2. The number of aliphatic hydroxyl groups excluding tert-OH is 1. The summed E-state index contributed by atoms with van der Waals surface area (Å²) in [6, 6.07) is 16.3. The molecular formula is C23H32Cl2NOTi-. The van der Waals surface area contributed by atoms with E-state index in [0.717, 1.165) is 13.0 Å². The third-order valence-corrected chi connectivity index (χ3v) is 3.92. The van der Waals surface area contributed by atoms with Crippen LogP contribution in [0.1, 0.15) is 32.8 Å². The first-order valence-electron chi connectivity index (χ1n) is 8.85. The molecule has 5 heteroatoms. The first-order chi connectivity index (χ1) is 11.8. The summed E-state index contributed by atoms with van der Waals surface area (Å²) >= 11 is 0. The van der Waals surface area contributed by atoms with Crippen molar-refractivity contribution >= 4 is 41.2 Å². The molecule has 2 aromatic carbocycles. The molecule has 154 valence electrons. The van der Waals surface area contributed by atoms with Gasteiger partial charge >= 0.3 is 0 Å². The number of hydrogen-bond donors (Lipinski definition) is 1. The minimum absolute atomic E-state index is 0. The molecule has 0 aromatic heterocycles. The van der Waals surface area contributed by atoms with Crippen molar-refractivity contribution in [2.45, 2.75) is 27.2 Å². The fourth-order valence-electron chi connectivity index (χ4n) is 2.55. The predicted octanol–water partition coefficient (Wildman–Crippen LogP) is 5.78. The number of nitrogens with zero attached hydrogens (tertiary/aromatic N) is 1. The number of allylic oxidation sites excluding steroid dienone is 2. The molecular weight excluding hydrogens is 425 g/mol. The van der Waals surface area contributed by atoms with Crippen LogP contribution in [-0.2, 0) is 21.7 Å². The van der Waals surface area contributed by atoms with Crippen LogP contribution < -0.4 is 0 Å². The van der Waals surface area contributed by atoms with Gasteiger partial charge in [0.1, 0.15) is 0 Å². The number of fused-ring (bicyclic) bond motifs is 1. The van der Waals surface area contributed by atoms with Crippen LogP contribution in [-0.4, -0.2) is 37.3 Å². The molecule has 2 aromatic rings. The van der Waals surface area contributed by atoms with Gasteiger partial charge in [-0.1, -0.05) is 56.5 Å². The molecule has 1 N–H and O–H groups in total. The van der Waals surface area contributed by atoms with Crippen LogP contribution in [0.5, 0.6) is 0 Å². The predicted molar refractivity (Wildman–Crippen MR) is 123 cm³/mol. The second-order valence-electron chi connectivity index (χ2n) is 8.07. The molecule has 0 radical (unpaired) electrons. The van der Waals surface area contributed by atoms with Crippen LogP contribution in [0.25, 0.3) is 16.3 Å². The quantitative estimate of drug-likeness (QED) is 0.467. The number of benzene rings is 2.